The van der Waals surface area contributed by atoms with Gasteiger partial charge >= 0.3 is 0 Å². The molecule has 14 heavy (non-hydrogen) atoms. The summed E-state index contributed by atoms with van der Waals surface area (Å²) in [5.41, 5.74) is 0. The van der Waals surface area contributed by atoms with E-state index >= 15 is 0 Å². The molecule has 0 radical (unpaired) electrons. The number of hydrogen-bond donors (Lipinski definition) is 1. The molecule has 2 heteroatoms. The van der Waals surface area contributed by atoms with E-state index in [-0.39, 0.29) is 0 Å². The van der Waals surface area contributed by atoms with Gasteiger partial charge in [-0.25, -0.2) is 0 Å². The summed E-state index contributed by atoms with van der Waals surface area (Å²) >= 11 is 0. The second-order valence-electron chi connectivity index (χ2n) is 4.53. The molecular weight excluding hydrogens is 174 g/mol. The Kier molecular flexibility index (Phi) is 8.20. The summed E-state index contributed by atoms with van der Waals surface area (Å²) in [5, 5.41) is 3.40. The van der Waals surface area contributed by atoms with Crippen LogP contribution in [0, 0.1) is 11.8 Å². The van der Waals surface area contributed by atoms with Gasteiger partial charge < -0.3 is 10.1 Å². The Balaban J connectivity index is 3.77. The van der Waals surface area contributed by atoms with Gasteiger partial charge in [0.05, 0.1) is 0 Å². The largest absolute Gasteiger partial charge is 0.384 e. The molecule has 0 aromatic carbocycles. The van der Waals surface area contributed by atoms with Crippen LogP contribution in [0.25, 0.3) is 0 Å². The molecule has 0 saturated carbocycles. The number of rotatable bonds is 8. The van der Waals surface area contributed by atoms with Crippen LogP contribution in [0.4, 0.5) is 0 Å². The lowest BCUT2D eigenvalue weighted by molar-refractivity contribution is 0.147. The Bertz CT molecular complexity index is 127. The molecule has 0 aliphatic rings. The zero-order valence-corrected chi connectivity index (χ0v) is 10.5. The standard InChI is InChI=1S/C12H27NO/c1-6-10(2)7-12(13-4)8-11(3)9-14-5/h10-13H,6-9H2,1-5H3. The summed E-state index contributed by atoms with van der Waals surface area (Å²) in [4.78, 5) is 0. The summed E-state index contributed by atoms with van der Waals surface area (Å²) in [5.74, 6) is 1.48. The summed E-state index contributed by atoms with van der Waals surface area (Å²) in [6.07, 6.45) is 3.77. The van der Waals surface area contributed by atoms with Crippen molar-refractivity contribution in [1.82, 2.24) is 5.32 Å². The predicted molar refractivity (Wildman–Crippen MR) is 62.6 cm³/mol. The number of ether oxygens (including phenoxy) is 1. The Hall–Kier alpha value is -0.0800. The summed E-state index contributed by atoms with van der Waals surface area (Å²) in [7, 11) is 3.84. The van der Waals surface area contributed by atoms with Crippen LogP contribution in [-0.2, 0) is 4.74 Å². The monoisotopic (exact) mass is 201 g/mol. The first-order valence-corrected chi connectivity index (χ1v) is 5.80. The average Bonchev–Trinajstić information content (AvgIpc) is 2.16. The topological polar surface area (TPSA) is 21.3 Å². The molecule has 3 unspecified atom stereocenters. The molecule has 0 bridgehead atoms. The zero-order valence-electron chi connectivity index (χ0n) is 10.5. The van der Waals surface area contributed by atoms with Crippen molar-refractivity contribution in [2.75, 3.05) is 20.8 Å². The smallest absolute Gasteiger partial charge is 0.0488 e. The van der Waals surface area contributed by atoms with E-state index in [1.807, 2.05) is 0 Å². The van der Waals surface area contributed by atoms with E-state index in [1.54, 1.807) is 7.11 Å². The minimum absolute atomic E-state index is 0.648. The maximum absolute atomic E-state index is 5.15. The molecular formula is C12H27NO. The lowest BCUT2D eigenvalue weighted by atomic mass is 9.93. The number of methoxy groups -OCH3 is 1. The molecule has 0 heterocycles. The second kappa shape index (κ2) is 8.25. The molecule has 86 valence electrons. The lowest BCUT2D eigenvalue weighted by Crippen LogP contribution is -2.30. The molecule has 0 aliphatic heterocycles. The molecule has 1 N–H and O–H groups in total. The number of nitrogens with one attached hydrogen (secondary N) is 1. The van der Waals surface area contributed by atoms with Crippen molar-refractivity contribution >= 4 is 0 Å². The third-order valence-corrected chi connectivity index (χ3v) is 2.93. The molecule has 0 spiro atoms. The molecule has 3 atom stereocenters. The SMILES string of the molecule is CCC(C)CC(CC(C)COC)NC. The van der Waals surface area contributed by atoms with Gasteiger partial charge in [0.2, 0.25) is 0 Å². The van der Waals surface area contributed by atoms with Gasteiger partial charge in [-0.05, 0) is 31.7 Å². The van der Waals surface area contributed by atoms with E-state index in [0.29, 0.717) is 12.0 Å². The van der Waals surface area contributed by atoms with Crippen LogP contribution in [-0.4, -0.2) is 26.8 Å². The lowest BCUT2D eigenvalue weighted by Gasteiger charge is -2.22. The molecule has 0 aliphatic carbocycles. The minimum Gasteiger partial charge on any atom is -0.384 e. The third kappa shape index (κ3) is 6.39. The van der Waals surface area contributed by atoms with Gasteiger partial charge in [-0.2, -0.15) is 0 Å². The zero-order chi connectivity index (χ0) is 11.0. The molecule has 0 rings (SSSR count). The number of hydrogen-bond acceptors (Lipinski definition) is 2. The van der Waals surface area contributed by atoms with Crippen LogP contribution in [0.15, 0.2) is 0 Å². The Morgan fingerprint density at radius 2 is 1.71 bits per heavy atom. The third-order valence-electron chi connectivity index (χ3n) is 2.93. The van der Waals surface area contributed by atoms with Crippen molar-refractivity contribution in [3.05, 3.63) is 0 Å². The van der Waals surface area contributed by atoms with E-state index in [1.165, 1.54) is 19.3 Å². The van der Waals surface area contributed by atoms with E-state index in [0.717, 1.165) is 12.5 Å². The van der Waals surface area contributed by atoms with Crippen molar-refractivity contribution in [3.63, 3.8) is 0 Å². The molecule has 2 nitrogen and oxygen atoms in total. The fourth-order valence-electron chi connectivity index (χ4n) is 1.82. The van der Waals surface area contributed by atoms with E-state index < -0.39 is 0 Å². The van der Waals surface area contributed by atoms with Gasteiger partial charge in [0.15, 0.2) is 0 Å². The molecule has 0 saturated heterocycles. The Labute approximate surface area is 89.4 Å². The highest BCUT2D eigenvalue weighted by molar-refractivity contribution is 4.70. The van der Waals surface area contributed by atoms with Crippen molar-refractivity contribution in [1.29, 1.82) is 0 Å². The average molecular weight is 201 g/mol. The van der Waals surface area contributed by atoms with Crippen molar-refractivity contribution in [3.8, 4) is 0 Å². The maximum Gasteiger partial charge on any atom is 0.0488 e. The first-order chi connectivity index (χ1) is 6.63. The van der Waals surface area contributed by atoms with Crippen molar-refractivity contribution < 1.29 is 4.74 Å². The van der Waals surface area contributed by atoms with Crippen LogP contribution < -0.4 is 5.32 Å². The van der Waals surface area contributed by atoms with Gasteiger partial charge in [-0.1, -0.05) is 27.2 Å². The highest BCUT2D eigenvalue weighted by Crippen LogP contribution is 2.15. The molecule has 0 amide bonds. The highest BCUT2D eigenvalue weighted by Gasteiger charge is 2.13. The van der Waals surface area contributed by atoms with E-state index in [9.17, 15) is 0 Å². The minimum atomic E-state index is 0.648. The highest BCUT2D eigenvalue weighted by atomic mass is 16.5. The van der Waals surface area contributed by atoms with E-state index in [4.69, 9.17) is 4.74 Å². The molecule has 0 fully saturated rings. The Morgan fingerprint density at radius 1 is 1.14 bits per heavy atom. The van der Waals surface area contributed by atoms with Crippen LogP contribution >= 0.6 is 0 Å². The van der Waals surface area contributed by atoms with Crippen molar-refractivity contribution in [2.24, 2.45) is 11.8 Å². The maximum atomic E-state index is 5.15. The first-order valence-electron chi connectivity index (χ1n) is 5.80. The van der Waals surface area contributed by atoms with Crippen molar-refractivity contribution in [2.45, 2.75) is 46.1 Å². The fourth-order valence-corrected chi connectivity index (χ4v) is 1.82. The Morgan fingerprint density at radius 3 is 2.14 bits per heavy atom. The van der Waals surface area contributed by atoms with Crippen LogP contribution in [0.5, 0.6) is 0 Å². The second-order valence-corrected chi connectivity index (χ2v) is 4.53. The van der Waals surface area contributed by atoms with Crippen LogP contribution in [0.2, 0.25) is 0 Å². The normalized spacial score (nSPS) is 17.8. The van der Waals surface area contributed by atoms with Gasteiger partial charge in [-0.15, -0.1) is 0 Å². The van der Waals surface area contributed by atoms with Gasteiger partial charge in [0.25, 0.3) is 0 Å². The summed E-state index contributed by atoms with van der Waals surface area (Å²) in [6.45, 7) is 7.71. The summed E-state index contributed by atoms with van der Waals surface area (Å²) < 4.78 is 5.15. The molecule has 0 aromatic heterocycles. The van der Waals surface area contributed by atoms with E-state index in [2.05, 4.69) is 33.1 Å². The van der Waals surface area contributed by atoms with Gasteiger partial charge in [0, 0.05) is 19.8 Å². The van der Waals surface area contributed by atoms with Crippen LogP contribution in [0.1, 0.15) is 40.0 Å². The molecule has 0 aromatic rings. The van der Waals surface area contributed by atoms with Crippen LogP contribution in [0.3, 0.4) is 0 Å². The summed E-state index contributed by atoms with van der Waals surface area (Å²) in [6, 6.07) is 0.648. The first kappa shape index (κ1) is 13.9. The predicted octanol–water partition coefficient (Wildman–Crippen LogP) is 2.68. The van der Waals surface area contributed by atoms with Gasteiger partial charge in [0.1, 0.15) is 0 Å². The fraction of sp³-hybridized carbons (Fsp3) is 1.00. The van der Waals surface area contributed by atoms with Gasteiger partial charge in [-0.3, -0.25) is 0 Å². The quantitative estimate of drug-likeness (QED) is 0.652.